The molecule has 8 heteroatoms. The molecule has 1 heterocycles. The standard InChI is InChI=1S/C13H19F3N4O/c1-20-7-8(6-18-20)11(17)12(21)19-10-5-3-2-4-9(10)13(14,15)16/h6-7,9-11H,2-5,17H2,1H3,(H,19,21). The minimum Gasteiger partial charge on any atom is -0.351 e. The summed E-state index contributed by atoms with van der Waals surface area (Å²) in [6, 6.07) is -1.90. The Morgan fingerprint density at radius 3 is 2.71 bits per heavy atom. The molecule has 1 fully saturated rings. The van der Waals surface area contributed by atoms with Gasteiger partial charge >= 0.3 is 6.18 Å². The first kappa shape index (κ1) is 15.8. The number of nitrogens with two attached hydrogens (primary N) is 1. The lowest BCUT2D eigenvalue weighted by Gasteiger charge is -2.34. The normalized spacial score (nSPS) is 24.6. The third-order valence-corrected chi connectivity index (χ3v) is 3.88. The van der Waals surface area contributed by atoms with Crippen molar-refractivity contribution in [3.63, 3.8) is 0 Å². The van der Waals surface area contributed by atoms with Gasteiger partial charge in [0.05, 0.1) is 12.1 Å². The van der Waals surface area contributed by atoms with Crippen LogP contribution in [0.25, 0.3) is 0 Å². The quantitative estimate of drug-likeness (QED) is 0.892. The molecule has 3 N–H and O–H groups in total. The Kier molecular flexibility index (Phi) is 4.55. The predicted octanol–water partition coefficient (Wildman–Crippen LogP) is 1.66. The van der Waals surface area contributed by atoms with E-state index in [0.29, 0.717) is 24.8 Å². The number of nitrogens with zero attached hydrogens (tertiary/aromatic N) is 2. The predicted molar refractivity (Wildman–Crippen MR) is 70.1 cm³/mol. The first-order valence-electron chi connectivity index (χ1n) is 6.90. The monoisotopic (exact) mass is 304 g/mol. The van der Waals surface area contributed by atoms with Gasteiger partial charge < -0.3 is 11.1 Å². The van der Waals surface area contributed by atoms with E-state index in [1.807, 2.05) is 0 Å². The zero-order chi connectivity index (χ0) is 15.6. The highest BCUT2D eigenvalue weighted by molar-refractivity contribution is 5.83. The van der Waals surface area contributed by atoms with Crippen molar-refractivity contribution in [2.24, 2.45) is 18.7 Å². The molecule has 21 heavy (non-hydrogen) atoms. The Morgan fingerprint density at radius 2 is 2.14 bits per heavy atom. The summed E-state index contributed by atoms with van der Waals surface area (Å²) in [4.78, 5) is 12.1. The van der Waals surface area contributed by atoms with Crippen LogP contribution >= 0.6 is 0 Å². The Labute approximate surface area is 120 Å². The summed E-state index contributed by atoms with van der Waals surface area (Å²) < 4.78 is 40.4. The summed E-state index contributed by atoms with van der Waals surface area (Å²) in [5, 5.41) is 6.36. The SMILES string of the molecule is Cn1cc(C(N)C(=O)NC2CCCCC2C(F)(F)F)cn1. The van der Waals surface area contributed by atoms with Gasteiger partial charge in [0, 0.05) is 24.8 Å². The molecule has 3 atom stereocenters. The maximum atomic E-state index is 13.0. The van der Waals surface area contributed by atoms with E-state index in [-0.39, 0.29) is 6.42 Å². The van der Waals surface area contributed by atoms with E-state index < -0.39 is 30.1 Å². The fraction of sp³-hybridized carbons (Fsp3) is 0.692. The highest BCUT2D eigenvalue weighted by atomic mass is 19.4. The summed E-state index contributed by atoms with van der Waals surface area (Å²) in [7, 11) is 1.68. The van der Waals surface area contributed by atoms with Crippen LogP contribution in [0.2, 0.25) is 0 Å². The number of carbonyl (C=O) groups is 1. The molecule has 0 bridgehead atoms. The average Bonchev–Trinajstić information content (AvgIpc) is 2.84. The van der Waals surface area contributed by atoms with Gasteiger partial charge in [-0.25, -0.2) is 0 Å². The van der Waals surface area contributed by atoms with Crippen molar-refractivity contribution >= 4 is 5.91 Å². The summed E-state index contributed by atoms with van der Waals surface area (Å²) in [6.07, 6.45) is 0.312. The largest absolute Gasteiger partial charge is 0.393 e. The minimum atomic E-state index is -4.29. The molecular formula is C13H19F3N4O. The molecule has 2 rings (SSSR count). The van der Waals surface area contributed by atoms with Crippen molar-refractivity contribution in [1.82, 2.24) is 15.1 Å². The van der Waals surface area contributed by atoms with Gasteiger partial charge in [-0.3, -0.25) is 9.48 Å². The van der Waals surface area contributed by atoms with E-state index in [9.17, 15) is 18.0 Å². The van der Waals surface area contributed by atoms with Crippen LogP contribution in [0.1, 0.15) is 37.3 Å². The number of alkyl halides is 3. The van der Waals surface area contributed by atoms with E-state index in [4.69, 9.17) is 5.73 Å². The lowest BCUT2D eigenvalue weighted by Crippen LogP contribution is -2.49. The van der Waals surface area contributed by atoms with Gasteiger partial charge in [0.1, 0.15) is 6.04 Å². The fourth-order valence-corrected chi connectivity index (χ4v) is 2.72. The highest BCUT2D eigenvalue weighted by Crippen LogP contribution is 2.37. The molecule has 1 aromatic rings. The van der Waals surface area contributed by atoms with Gasteiger partial charge in [-0.05, 0) is 12.8 Å². The summed E-state index contributed by atoms with van der Waals surface area (Å²) in [6.45, 7) is 0. The van der Waals surface area contributed by atoms with Gasteiger partial charge in [0.2, 0.25) is 5.91 Å². The number of carbonyl (C=O) groups excluding carboxylic acids is 1. The second-order valence-corrected chi connectivity index (χ2v) is 5.47. The van der Waals surface area contributed by atoms with Crippen LogP contribution in [0.5, 0.6) is 0 Å². The smallest absolute Gasteiger partial charge is 0.351 e. The third kappa shape index (κ3) is 3.75. The van der Waals surface area contributed by atoms with Crippen LogP contribution in [0.3, 0.4) is 0 Å². The Hall–Kier alpha value is -1.57. The van der Waals surface area contributed by atoms with Crippen LogP contribution in [0.15, 0.2) is 12.4 Å². The van der Waals surface area contributed by atoms with Crippen molar-refractivity contribution in [3.05, 3.63) is 18.0 Å². The fourth-order valence-electron chi connectivity index (χ4n) is 2.72. The molecule has 3 unspecified atom stereocenters. The van der Waals surface area contributed by atoms with Crippen LogP contribution in [-0.4, -0.2) is 27.9 Å². The Bertz CT molecular complexity index is 500. The molecule has 1 saturated carbocycles. The first-order chi connectivity index (χ1) is 9.79. The van der Waals surface area contributed by atoms with E-state index in [0.717, 1.165) is 0 Å². The van der Waals surface area contributed by atoms with E-state index >= 15 is 0 Å². The number of nitrogens with one attached hydrogen (secondary N) is 1. The molecular weight excluding hydrogens is 285 g/mol. The van der Waals surface area contributed by atoms with Gasteiger partial charge in [-0.15, -0.1) is 0 Å². The third-order valence-electron chi connectivity index (χ3n) is 3.88. The molecule has 0 aliphatic heterocycles. The Morgan fingerprint density at radius 1 is 1.48 bits per heavy atom. The molecule has 0 radical (unpaired) electrons. The number of rotatable bonds is 3. The van der Waals surface area contributed by atoms with E-state index in [1.165, 1.54) is 10.9 Å². The van der Waals surface area contributed by atoms with Gasteiger partial charge in [0.15, 0.2) is 0 Å². The Balaban J connectivity index is 2.03. The second-order valence-electron chi connectivity index (χ2n) is 5.47. The van der Waals surface area contributed by atoms with Crippen molar-refractivity contribution in [2.75, 3.05) is 0 Å². The molecule has 0 saturated heterocycles. The molecule has 118 valence electrons. The maximum Gasteiger partial charge on any atom is 0.393 e. The van der Waals surface area contributed by atoms with Crippen molar-refractivity contribution in [3.8, 4) is 0 Å². The number of amides is 1. The number of aromatic nitrogens is 2. The molecule has 1 aliphatic carbocycles. The maximum absolute atomic E-state index is 13.0. The summed E-state index contributed by atoms with van der Waals surface area (Å²) >= 11 is 0. The van der Waals surface area contributed by atoms with Crippen molar-refractivity contribution < 1.29 is 18.0 Å². The van der Waals surface area contributed by atoms with Crippen molar-refractivity contribution in [2.45, 2.75) is 43.9 Å². The van der Waals surface area contributed by atoms with Crippen LogP contribution in [0.4, 0.5) is 13.2 Å². The van der Waals surface area contributed by atoms with Crippen LogP contribution in [0, 0.1) is 5.92 Å². The zero-order valence-electron chi connectivity index (χ0n) is 11.7. The first-order valence-corrected chi connectivity index (χ1v) is 6.90. The minimum absolute atomic E-state index is 0.0522. The molecule has 0 spiro atoms. The molecule has 1 amide bonds. The topological polar surface area (TPSA) is 72.9 Å². The summed E-state index contributed by atoms with van der Waals surface area (Å²) in [5.74, 6) is -2.08. The lowest BCUT2D eigenvalue weighted by atomic mass is 9.84. The van der Waals surface area contributed by atoms with Gasteiger partial charge in [0.25, 0.3) is 0 Å². The van der Waals surface area contributed by atoms with Gasteiger partial charge in [-0.2, -0.15) is 18.3 Å². The second kappa shape index (κ2) is 6.05. The van der Waals surface area contributed by atoms with Crippen molar-refractivity contribution in [1.29, 1.82) is 0 Å². The number of hydrogen-bond acceptors (Lipinski definition) is 3. The number of aryl methyl sites for hydroxylation is 1. The zero-order valence-corrected chi connectivity index (χ0v) is 11.7. The number of halogens is 3. The molecule has 0 aromatic carbocycles. The van der Waals surface area contributed by atoms with Gasteiger partial charge in [-0.1, -0.05) is 12.8 Å². The average molecular weight is 304 g/mol. The summed E-state index contributed by atoms with van der Waals surface area (Å²) in [5.41, 5.74) is 6.26. The number of hydrogen-bond donors (Lipinski definition) is 2. The van der Waals surface area contributed by atoms with Crippen LogP contribution in [-0.2, 0) is 11.8 Å². The van der Waals surface area contributed by atoms with Crippen LogP contribution < -0.4 is 11.1 Å². The molecule has 5 nitrogen and oxygen atoms in total. The van der Waals surface area contributed by atoms with E-state index in [1.54, 1.807) is 13.2 Å². The van der Waals surface area contributed by atoms with E-state index in [2.05, 4.69) is 10.4 Å². The lowest BCUT2D eigenvalue weighted by molar-refractivity contribution is -0.189. The molecule has 1 aliphatic rings. The molecule has 1 aromatic heterocycles. The highest BCUT2D eigenvalue weighted by Gasteiger charge is 2.46.